The molecule has 15 heavy (non-hydrogen) atoms. The molecule has 0 radical (unpaired) electrons. The van der Waals surface area contributed by atoms with E-state index < -0.39 is 7.12 Å². The highest BCUT2D eigenvalue weighted by Gasteiger charge is 2.35. The van der Waals surface area contributed by atoms with E-state index in [2.05, 4.69) is 0 Å². The van der Waals surface area contributed by atoms with Crippen LogP contribution >= 0.6 is 0 Å². The fourth-order valence-corrected chi connectivity index (χ4v) is 1.75. The number of rotatable bonds is 2. The Morgan fingerprint density at radius 1 is 1.40 bits per heavy atom. The van der Waals surface area contributed by atoms with E-state index >= 15 is 0 Å². The second-order valence-electron chi connectivity index (χ2n) is 3.97. The number of phenols is 1. The van der Waals surface area contributed by atoms with Crippen LogP contribution in [0.1, 0.15) is 18.4 Å². The number of phenolic OH excluding ortho intramolecular Hbond substituents is 1. The van der Waals surface area contributed by atoms with Gasteiger partial charge in [0.15, 0.2) is 11.5 Å². The van der Waals surface area contributed by atoms with Gasteiger partial charge in [0.25, 0.3) is 0 Å². The Balaban J connectivity index is 2.05. The second-order valence-corrected chi connectivity index (χ2v) is 3.97. The molecule has 1 heterocycles. The molecule has 0 bridgehead atoms. The molecule has 0 aromatic heterocycles. The molecule has 1 fully saturated rings. The first kappa shape index (κ1) is 9.06. The molecule has 1 aliphatic heterocycles. The molecule has 78 valence electrons. The van der Waals surface area contributed by atoms with Crippen LogP contribution in [0, 0.1) is 0 Å². The molecule has 3 rings (SSSR count). The van der Waals surface area contributed by atoms with E-state index in [4.69, 9.17) is 9.39 Å². The van der Waals surface area contributed by atoms with Crippen LogP contribution in [0.15, 0.2) is 12.1 Å². The SMILES string of the molecule is OB1OCc2ccc(O)c(OC3CC3)c21. The van der Waals surface area contributed by atoms with Gasteiger partial charge in [0.2, 0.25) is 0 Å². The largest absolute Gasteiger partial charge is 0.504 e. The Labute approximate surface area is 87.6 Å². The summed E-state index contributed by atoms with van der Waals surface area (Å²) in [6.07, 6.45) is 2.22. The monoisotopic (exact) mass is 206 g/mol. The first-order valence-electron chi connectivity index (χ1n) is 5.07. The minimum Gasteiger partial charge on any atom is -0.504 e. The predicted molar refractivity (Wildman–Crippen MR) is 54.2 cm³/mol. The maximum Gasteiger partial charge on any atom is 0.495 e. The summed E-state index contributed by atoms with van der Waals surface area (Å²) in [6, 6.07) is 3.33. The molecule has 1 aromatic carbocycles. The second kappa shape index (κ2) is 3.15. The van der Waals surface area contributed by atoms with Gasteiger partial charge in [-0.2, -0.15) is 0 Å². The predicted octanol–water partition coefficient (Wildman–Crippen LogP) is 0.151. The van der Waals surface area contributed by atoms with Gasteiger partial charge in [-0.1, -0.05) is 6.07 Å². The third kappa shape index (κ3) is 1.48. The fourth-order valence-electron chi connectivity index (χ4n) is 1.75. The Hall–Kier alpha value is -1.20. The van der Waals surface area contributed by atoms with Crippen molar-refractivity contribution < 1.29 is 19.5 Å². The third-order valence-corrected chi connectivity index (χ3v) is 2.72. The molecule has 2 N–H and O–H groups in total. The third-order valence-electron chi connectivity index (χ3n) is 2.72. The Morgan fingerprint density at radius 2 is 2.20 bits per heavy atom. The highest BCUT2D eigenvalue weighted by molar-refractivity contribution is 6.62. The number of benzene rings is 1. The maximum absolute atomic E-state index is 9.68. The molecular weight excluding hydrogens is 195 g/mol. The van der Waals surface area contributed by atoms with Crippen molar-refractivity contribution in [1.29, 1.82) is 0 Å². The Morgan fingerprint density at radius 3 is 2.93 bits per heavy atom. The summed E-state index contributed by atoms with van der Waals surface area (Å²) in [7, 11) is -0.971. The topological polar surface area (TPSA) is 58.9 Å². The Bertz CT molecular complexity index is 403. The quantitative estimate of drug-likeness (QED) is 0.676. The number of aromatic hydroxyl groups is 1. The van der Waals surface area contributed by atoms with Crippen molar-refractivity contribution in [1.82, 2.24) is 0 Å². The average Bonchev–Trinajstić information content (AvgIpc) is 2.96. The lowest BCUT2D eigenvalue weighted by molar-refractivity contribution is 0.273. The van der Waals surface area contributed by atoms with E-state index in [0.717, 1.165) is 18.4 Å². The number of hydrogen-bond donors (Lipinski definition) is 2. The van der Waals surface area contributed by atoms with Crippen LogP contribution in [0.3, 0.4) is 0 Å². The molecular formula is C10H11BO4. The molecule has 0 spiro atoms. The highest BCUT2D eigenvalue weighted by atomic mass is 16.5. The summed E-state index contributed by atoms with van der Waals surface area (Å²) < 4.78 is 10.7. The maximum atomic E-state index is 9.68. The molecule has 4 nitrogen and oxygen atoms in total. The number of ether oxygens (including phenoxy) is 1. The summed E-state index contributed by atoms with van der Waals surface area (Å²) in [4.78, 5) is 0. The molecule has 2 aliphatic rings. The van der Waals surface area contributed by atoms with E-state index in [1.54, 1.807) is 12.1 Å². The van der Waals surface area contributed by atoms with Crippen molar-refractivity contribution >= 4 is 12.6 Å². The lowest BCUT2D eigenvalue weighted by Gasteiger charge is -2.11. The minimum absolute atomic E-state index is 0.0743. The smallest absolute Gasteiger partial charge is 0.495 e. The standard InChI is InChI=1S/C10H11BO4/c12-8-4-1-6-5-14-11(13)9(6)10(8)15-7-2-3-7/h1,4,7,12-13H,2-3,5H2. The lowest BCUT2D eigenvalue weighted by atomic mass is 9.78. The summed E-state index contributed by atoms with van der Waals surface area (Å²) in [5, 5.41) is 19.3. The molecule has 1 aromatic rings. The first-order valence-corrected chi connectivity index (χ1v) is 5.07. The molecule has 0 unspecified atom stereocenters. The van der Waals surface area contributed by atoms with Gasteiger partial charge in [-0.15, -0.1) is 0 Å². The van der Waals surface area contributed by atoms with Crippen LogP contribution in [0.25, 0.3) is 0 Å². The van der Waals surface area contributed by atoms with Gasteiger partial charge in [-0.05, 0) is 24.5 Å². The van der Waals surface area contributed by atoms with E-state index in [1.165, 1.54) is 0 Å². The van der Waals surface area contributed by atoms with Crippen molar-refractivity contribution in [2.24, 2.45) is 0 Å². The van der Waals surface area contributed by atoms with Gasteiger partial charge in [0.1, 0.15) is 0 Å². The first-order chi connectivity index (χ1) is 7.25. The van der Waals surface area contributed by atoms with E-state index in [9.17, 15) is 10.1 Å². The van der Waals surface area contributed by atoms with Crippen molar-refractivity contribution in [3.8, 4) is 11.5 Å². The minimum atomic E-state index is -0.971. The van der Waals surface area contributed by atoms with Gasteiger partial charge >= 0.3 is 7.12 Å². The summed E-state index contributed by atoms with van der Waals surface area (Å²) in [5.74, 6) is 0.463. The molecule has 5 heteroatoms. The lowest BCUT2D eigenvalue weighted by Crippen LogP contribution is -2.30. The molecule has 0 amide bonds. The highest BCUT2D eigenvalue weighted by Crippen LogP contribution is 2.33. The normalized spacial score (nSPS) is 19.1. The Kier molecular flexibility index (Phi) is 1.90. The van der Waals surface area contributed by atoms with Crippen LogP contribution in [0.2, 0.25) is 0 Å². The van der Waals surface area contributed by atoms with Crippen LogP contribution in [-0.4, -0.2) is 23.4 Å². The fraction of sp³-hybridized carbons (Fsp3) is 0.400. The van der Waals surface area contributed by atoms with E-state index in [0.29, 0.717) is 17.8 Å². The summed E-state index contributed by atoms with van der Waals surface area (Å²) >= 11 is 0. The number of hydrogen-bond acceptors (Lipinski definition) is 4. The zero-order valence-electron chi connectivity index (χ0n) is 8.14. The van der Waals surface area contributed by atoms with E-state index in [1.807, 2.05) is 0 Å². The number of fused-ring (bicyclic) bond motifs is 1. The molecule has 0 saturated heterocycles. The van der Waals surface area contributed by atoms with Crippen molar-refractivity contribution in [3.05, 3.63) is 17.7 Å². The molecule has 0 atom stereocenters. The van der Waals surface area contributed by atoms with E-state index in [-0.39, 0.29) is 11.9 Å². The zero-order chi connectivity index (χ0) is 10.4. The van der Waals surface area contributed by atoms with Gasteiger partial charge in [0, 0.05) is 5.46 Å². The van der Waals surface area contributed by atoms with Crippen LogP contribution in [0.5, 0.6) is 11.5 Å². The van der Waals surface area contributed by atoms with Crippen LogP contribution in [-0.2, 0) is 11.3 Å². The van der Waals surface area contributed by atoms with Crippen molar-refractivity contribution in [2.45, 2.75) is 25.6 Å². The summed E-state index contributed by atoms with van der Waals surface area (Å²) in [6.45, 7) is 0.373. The van der Waals surface area contributed by atoms with Gasteiger partial charge < -0.3 is 19.5 Å². The zero-order valence-corrected chi connectivity index (χ0v) is 8.14. The van der Waals surface area contributed by atoms with Gasteiger partial charge in [0.05, 0.1) is 12.7 Å². The molecule has 1 aliphatic carbocycles. The van der Waals surface area contributed by atoms with Crippen molar-refractivity contribution in [3.63, 3.8) is 0 Å². The summed E-state index contributed by atoms with van der Waals surface area (Å²) in [5.41, 5.74) is 1.47. The van der Waals surface area contributed by atoms with Crippen LogP contribution in [0.4, 0.5) is 0 Å². The van der Waals surface area contributed by atoms with Gasteiger partial charge in [-0.3, -0.25) is 0 Å². The molecule has 1 saturated carbocycles. The van der Waals surface area contributed by atoms with Crippen LogP contribution < -0.4 is 10.2 Å². The van der Waals surface area contributed by atoms with Gasteiger partial charge in [-0.25, -0.2) is 0 Å². The average molecular weight is 206 g/mol. The van der Waals surface area contributed by atoms with Crippen molar-refractivity contribution in [2.75, 3.05) is 0 Å².